The first-order valence-electron chi connectivity index (χ1n) is 7.58. The molecule has 1 unspecified atom stereocenters. The fraction of sp³-hybridized carbons (Fsp3) is 0.471. The lowest BCUT2D eigenvalue weighted by molar-refractivity contribution is -0.165. The standard InChI is InChI=1S/C17H22O9/c1-10-12(26-11(2)25-10)8-23-16(21)15(20)17(3,4)9-24-14(19)7-6-13(18)22-5/h6-7,15,20H,2,8-9H2,1,3-5H3. The zero-order valence-corrected chi connectivity index (χ0v) is 15.1. The van der Waals surface area contributed by atoms with E-state index in [1.807, 2.05) is 0 Å². The maximum Gasteiger partial charge on any atom is 0.336 e. The van der Waals surface area contributed by atoms with E-state index in [1.165, 1.54) is 21.0 Å². The second-order valence-corrected chi connectivity index (χ2v) is 6.02. The Labute approximate surface area is 150 Å². The van der Waals surface area contributed by atoms with Gasteiger partial charge in [0.15, 0.2) is 18.5 Å². The Balaban J connectivity index is 2.51. The molecule has 26 heavy (non-hydrogen) atoms. The maximum atomic E-state index is 12.0. The Kier molecular flexibility index (Phi) is 7.39. The van der Waals surface area contributed by atoms with Crippen molar-refractivity contribution in [3.8, 4) is 0 Å². The van der Waals surface area contributed by atoms with Crippen LogP contribution in [-0.4, -0.2) is 49.4 Å². The first kappa shape index (κ1) is 21.2. The second-order valence-electron chi connectivity index (χ2n) is 6.02. The highest BCUT2D eigenvalue weighted by atomic mass is 16.7. The van der Waals surface area contributed by atoms with E-state index < -0.39 is 29.4 Å². The Morgan fingerprint density at radius 3 is 2.35 bits per heavy atom. The van der Waals surface area contributed by atoms with Gasteiger partial charge < -0.3 is 28.8 Å². The van der Waals surface area contributed by atoms with Crippen molar-refractivity contribution >= 4 is 17.9 Å². The van der Waals surface area contributed by atoms with Crippen LogP contribution in [0.2, 0.25) is 0 Å². The molecule has 0 radical (unpaired) electrons. The van der Waals surface area contributed by atoms with E-state index in [0.29, 0.717) is 5.76 Å². The van der Waals surface area contributed by atoms with Crippen molar-refractivity contribution in [3.05, 3.63) is 36.2 Å². The van der Waals surface area contributed by atoms with Crippen molar-refractivity contribution in [2.45, 2.75) is 26.9 Å². The normalized spacial score (nSPS) is 15.3. The quantitative estimate of drug-likeness (QED) is 0.378. The van der Waals surface area contributed by atoms with Gasteiger partial charge in [0.1, 0.15) is 5.76 Å². The third kappa shape index (κ3) is 6.25. The number of hydrogen-bond donors (Lipinski definition) is 1. The molecule has 0 aromatic rings. The number of esters is 3. The summed E-state index contributed by atoms with van der Waals surface area (Å²) in [4.78, 5) is 34.4. The number of aliphatic hydroxyl groups excluding tert-OH is 1. The fourth-order valence-electron chi connectivity index (χ4n) is 1.71. The largest absolute Gasteiger partial charge is 0.466 e. The zero-order chi connectivity index (χ0) is 19.9. The van der Waals surface area contributed by atoms with Gasteiger partial charge in [-0.25, -0.2) is 14.4 Å². The average Bonchev–Trinajstić information content (AvgIpc) is 2.92. The fourth-order valence-corrected chi connectivity index (χ4v) is 1.71. The van der Waals surface area contributed by atoms with E-state index in [4.69, 9.17) is 18.9 Å². The molecule has 1 heterocycles. The average molecular weight is 370 g/mol. The summed E-state index contributed by atoms with van der Waals surface area (Å²) in [5.74, 6) is -1.70. The van der Waals surface area contributed by atoms with Crippen LogP contribution < -0.4 is 0 Å². The highest BCUT2D eigenvalue weighted by molar-refractivity contribution is 5.91. The lowest BCUT2D eigenvalue weighted by Gasteiger charge is -2.28. The Bertz CT molecular complexity index is 643. The molecule has 1 N–H and O–H groups in total. The molecule has 0 fully saturated rings. The summed E-state index contributed by atoms with van der Waals surface area (Å²) in [5.41, 5.74) is -1.13. The third-order valence-electron chi connectivity index (χ3n) is 3.35. The molecule has 0 saturated carbocycles. The molecule has 0 saturated heterocycles. The number of aliphatic hydroxyl groups is 1. The van der Waals surface area contributed by atoms with Gasteiger partial charge in [0.2, 0.25) is 0 Å². The summed E-state index contributed by atoms with van der Waals surface area (Å²) >= 11 is 0. The molecule has 1 rings (SSSR count). The number of rotatable bonds is 8. The minimum Gasteiger partial charge on any atom is -0.466 e. The van der Waals surface area contributed by atoms with Gasteiger partial charge in [0.25, 0.3) is 5.95 Å². The summed E-state index contributed by atoms with van der Waals surface area (Å²) in [6, 6.07) is 0. The van der Waals surface area contributed by atoms with Crippen LogP contribution in [0, 0.1) is 5.41 Å². The molecular formula is C17H22O9. The Morgan fingerprint density at radius 2 is 1.81 bits per heavy atom. The summed E-state index contributed by atoms with van der Waals surface area (Å²) in [6.45, 7) is 7.58. The van der Waals surface area contributed by atoms with Gasteiger partial charge in [0.05, 0.1) is 13.7 Å². The van der Waals surface area contributed by atoms with Gasteiger partial charge in [0, 0.05) is 17.6 Å². The van der Waals surface area contributed by atoms with Gasteiger partial charge in [-0.15, -0.1) is 0 Å². The molecule has 1 aliphatic heterocycles. The molecule has 1 atom stereocenters. The maximum absolute atomic E-state index is 12.0. The molecule has 9 heteroatoms. The van der Waals surface area contributed by atoms with Crippen LogP contribution in [-0.2, 0) is 38.1 Å². The monoisotopic (exact) mass is 370 g/mol. The highest BCUT2D eigenvalue weighted by Crippen LogP contribution is 2.25. The van der Waals surface area contributed by atoms with Crippen molar-refractivity contribution in [1.29, 1.82) is 0 Å². The molecule has 9 nitrogen and oxygen atoms in total. The molecule has 0 aromatic carbocycles. The number of allylic oxidation sites excluding steroid dienone is 1. The van der Waals surface area contributed by atoms with E-state index in [-0.39, 0.29) is 24.9 Å². The van der Waals surface area contributed by atoms with Crippen molar-refractivity contribution in [1.82, 2.24) is 0 Å². The molecule has 0 aromatic heterocycles. The SMILES string of the molecule is C=C1OC(C)=C(COC(=O)C(O)C(C)(C)COC(=O)C=CC(=O)OC)O1. The van der Waals surface area contributed by atoms with E-state index in [1.54, 1.807) is 6.92 Å². The minimum absolute atomic E-state index is 0.0707. The van der Waals surface area contributed by atoms with E-state index in [2.05, 4.69) is 11.3 Å². The topological polar surface area (TPSA) is 118 Å². The number of ether oxygens (including phenoxy) is 5. The Hall–Kier alpha value is -2.81. The number of methoxy groups -OCH3 is 1. The second kappa shape index (κ2) is 9.04. The van der Waals surface area contributed by atoms with Crippen LogP contribution in [0.4, 0.5) is 0 Å². The molecule has 144 valence electrons. The molecule has 0 aliphatic carbocycles. The lowest BCUT2D eigenvalue weighted by Crippen LogP contribution is -2.41. The van der Waals surface area contributed by atoms with Crippen LogP contribution in [0.15, 0.2) is 36.2 Å². The predicted octanol–water partition coefficient (Wildman–Crippen LogP) is 0.939. The molecular weight excluding hydrogens is 348 g/mol. The summed E-state index contributed by atoms with van der Waals surface area (Å²) < 4.78 is 24.4. The van der Waals surface area contributed by atoms with Gasteiger partial charge in [-0.2, -0.15) is 0 Å². The minimum atomic E-state index is -1.56. The molecule has 0 spiro atoms. The van der Waals surface area contributed by atoms with Crippen molar-refractivity contribution < 1.29 is 43.2 Å². The van der Waals surface area contributed by atoms with Gasteiger partial charge in [-0.05, 0) is 13.5 Å². The Morgan fingerprint density at radius 1 is 1.19 bits per heavy atom. The van der Waals surface area contributed by atoms with E-state index in [0.717, 1.165) is 12.2 Å². The van der Waals surface area contributed by atoms with E-state index in [9.17, 15) is 19.5 Å². The molecule has 1 aliphatic rings. The van der Waals surface area contributed by atoms with Gasteiger partial charge >= 0.3 is 17.9 Å². The lowest BCUT2D eigenvalue weighted by atomic mass is 9.87. The van der Waals surface area contributed by atoms with Crippen LogP contribution in [0.3, 0.4) is 0 Å². The summed E-state index contributed by atoms with van der Waals surface area (Å²) in [5, 5.41) is 10.1. The highest BCUT2D eigenvalue weighted by Gasteiger charge is 2.36. The number of carbonyl (C=O) groups excluding carboxylic acids is 3. The first-order valence-corrected chi connectivity index (χ1v) is 7.58. The predicted molar refractivity (Wildman–Crippen MR) is 86.9 cm³/mol. The smallest absolute Gasteiger partial charge is 0.336 e. The van der Waals surface area contributed by atoms with E-state index >= 15 is 0 Å². The number of carbonyl (C=O) groups is 3. The summed E-state index contributed by atoms with van der Waals surface area (Å²) in [7, 11) is 1.17. The molecule has 0 bridgehead atoms. The first-order chi connectivity index (χ1) is 12.1. The van der Waals surface area contributed by atoms with Crippen LogP contribution >= 0.6 is 0 Å². The third-order valence-corrected chi connectivity index (χ3v) is 3.35. The number of hydrogen-bond acceptors (Lipinski definition) is 9. The zero-order valence-electron chi connectivity index (χ0n) is 15.1. The van der Waals surface area contributed by atoms with Crippen molar-refractivity contribution in [3.63, 3.8) is 0 Å². The molecule has 0 amide bonds. The van der Waals surface area contributed by atoms with Crippen molar-refractivity contribution in [2.75, 3.05) is 20.3 Å². The van der Waals surface area contributed by atoms with Gasteiger partial charge in [-0.3, -0.25) is 0 Å². The van der Waals surface area contributed by atoms with Crippen LogP contribution in [0.1, 0.15) is 20.8 Å². The van der Waals surface area contributed by atoms with Crippen LogP contribution in [0.5, 0.6) is 0 Å². The van der Waals surface area contributed by atoms with Gasteiger partial charge in [-0.1, -0.05) is 13.8 Å². The summed E-state index contributed by atoms with van der Waals surface area (Å²) in [6.07, 6.45) is 0.214. The van der Waals surface area contributed by atoms with Crippen LogP contribution in [0.25, 0.3) is 0 Å². The van der Waals surface area contributed by atoms with Crippen molar-refractivity contribution in [2.24, 2.45) is 5.41 Å².